The molecule has 2 aromatic heterocycles. The second-order valence-corrected chi connectivity index (χ2v) is 7.94. The fraction of sp³-hybridized carbons (Fsp3) is 0.235. The van der Waals surface area contributed by atoms with Crippen LogP contribution in [0.5, 0.6) is 0 Å². The number of nitrogens with zero attached hydrogens (tertiary/aromatic N) is 3. The second kappa shape index (κ2) is 6.72. The zero-order valence-corrected chi connectivity index (χ0v) is 15.1. The lowest BCUT2D eigenvalue weighted by Crippen LogP contribution is -2.41. The van der Waals surface area contributed by atoms with Crippen molar-refractivity contribution in [3.8, 4) is 11.3 Å². The zero-order chi connectivity index (χ0) is 19.0. The molecule has 140 valence electrons. The molecule has 4 rings (SSSR count). The van der Waals surface area contributed by atoms with Crippen LogP contribution in [0, 0.1) is 0 Å². The number of hydrogen-bond donors (Lipinski definition) is 2. The number of morpholine rings is 1. The maximum absolute atomic E-state index is 13.3. The van der Waals surface area contributed by atoms with E-state index in [1.165, 1.54) is 4.31 Å². The second-order valence-electron chi connectivity index (χ2n) is 6.06. The van der Waals surface area contributed by atoms with Gasteiger partial charge in [-0.05, 0) is 12.1 Å². The molecule has 1 fully saturated rings. The molecule has 3 heterocycles. The molecule has 1 aliphatic rings. The maximum atomic E-state index is 13.3. The molecule has 0 radical (unpaired) electrons. The summed E-state index contributed by atoms with van der Waals surface area (Å²) < 4.78 is 33.0. The van der Waals surface area contributed by atoms with Crippen molar-refractivity contribution in [2.75, 3.05) is 26.3 Å². The van der Waals surface area contributed by atoms with Gasteiger partial charge in [0.05, 0.1) is 25.1 Å². The van der Waals surface area contributed by atoms with Crippen molar-refractivity contribution in [3.63, 3.8) is 0 Å². The van der Waals surface area contributed by atoms with Gasteiger partial charge >= 0.3 is 0 Å². The standard InChI is InChI=1S/C17H17N5O4S/c18-17(23)15-16(27(24,25)22-5-7-26-8-6-22)12-9-11(1-2-13(12)21-15)14-10-19-3-4-20-14/h1-4,9-10,21H,5-8H2,(H2,18,23). The number of nitrogens with two attached hydrogens (primary N) is 1. The number of amides is 1. The number of H-pyrrole nitrogens is 1. The highest BCUT2D eigenvalue weighted by molar-refractivity contribution is 7.89. The Morgan fingerprint density at radius 2 is 2.00 bits per heavy atom. The molecule has 1 aromatic carbocycles. The lowest BCUT2D eigenvalue weighted by atomic mass is 10.1. The Labute approximate surface area is 155 Å². The number of primary amides is 1. The minimum atomic E-state index is -3.93. The predicted molar refractivity (Wildman–Crippen MR) is 97.4 cm³/mol. The van der Waals surface area contributed by atoms with Crippen LogP contribution in [-0.2, 0) is 14.8 Å². The van der Waals surface area contributed by atoms with Gasteiger partial charge in [0.15, 0.2) is 0 Å². The molecule has 3 N–H and O–H groups in total. The number of nitrogens with one attached hydrogen (secondary N) is 1. The van der Waals surface area contributed by atoms with E-state index in [2.05, 4.69) is 15.0 Å². The van der Waals surface area contributed by atoms with Crippen molar-refractivity contribution in [1.82, 2.24) is 19.3 Å². The summed E-state index contributed by atoms with van der Waals surface area (Å²) in [5.41, 5.74) is 7.10. The number of hydrogen-bond acceptors (Lipinski definition) is 6. The zero-order valence-electron chi connectivity index (χ0n) is 14.3. The molecule has 10 heteroatoms. The normalized spacial score (nSPS) is 15.9. The van der Waals surface area contributed by atoms with Crippen LogP contribution in [0.25, 0.3) is 22.2 Å². The summed E-state index contributed by atoms with van der Waals surface area (Å²) in [7, 11) is -3.93. The smallest absolute Gasteiger partial charge is 0.266 e. The third-order valence-corrected chi connectivity index (χ3v) is 6.41. The van der Waals surface area contributed by atoms with Crippen LogP contribution in [0.1, 0.15) is 10.5 Å². The van der Waals surface area contributed by atoms with Crippen molar-refractivity contribution in [1.29, 1.82) is 0 Å². The molecule has 0 spiro atoms. The van der Waals surface area contributed by atoms with Crippen LogP contribution in [0.2, 0.25) is 0 Å². The third-order valence-electron chi connectivity index (χ3n) is 4.42. The number of rotatable bonds is 4. The summed E-state index contributed by atoms with van der Waals surface area (Å²) in [6.45, 7) is 1.05. The Balaban J connectivity index is 1.94. The van der Waals surface area contributed by atoms with E-state index >= 15 is 0 Å². The molecular formula is C17H17N5O4S. The van der Waals surface area contributed by atoms with Gasteiger partial charge in [-0.1, -0.05) is 6.07 Å². The molecule has 1 aliphatic heterocycles. The van der Waals surface area contributed by atoms with Crippen molar-refractivity contribution in [3.05, 3.63) is 42.5 Å². The van der Waals surface area contributed by atoms with Crippen molar-refractivity contribution in [2.24, 2.45) is 5.73 Å². The van der Waals surface area contributed by atoms with Crippen LogP contribution < -0.4 is 5.73 Å². The number of benzene rings is 1. The molecular weight excluding hydrogens is 370 g/mol. The maximum Gasteiger partial charge on any atom is 0.266 e. The largest absolute Gasteiger partial charge is 0.379 e. The summed E-state index contributed by atoms with van der Waals surface area (Å²) in [6, 6.07) is 5.15. The molecule has 0 bridgehead atoms. The minimum Gasteiger partial charge on any atom is -0.379 e. The van der Waals surface area contributed by atoms with E-state index in [1.807, 2.05) is 0 Å². The van der Waals surface area contributed by atoms with E-state index in [0.717, 1.165) is 0 Å². The van der Waals surface area contributed by atoms with E-state index in [-0.39, 0.29) is 23.7 Å². The molecule has 0 aliphatic carbocycles. The molecule has 0 atom stereocenters. The van der Waals surface area contributed by atoms with E-state index in [1.54, 1.807) is 36.8 Å². The number of carbonyl (C=O) groups is 1. The number of sulfonamides is 1. The van der Waals surface area contributed by atoms with Gasteiger partial charge in [0, 0.05) is 41.9 Å². The Bertz CT molecular complexity index is 1110. The van der Waals surface area contributed by atoms with Gasteiger partial charge in [-0.2, -0.15) is 4.31 Å². The van der Waals surface area contributed by atoms with Crippen LogP contribution in [0.3, 0.4) is 0 Å². The average Bonchev–Trinajstić information content (AvgIpc) is 3.09. The highest BCUT2D eigenvalue weighted by Crippen LogP contribution is 2.32. The Morgan fingerprint density at radius 1 is 1.22 bits per heavy atom. The van der Waals surface area contributed by atoms with E-state index in [0.29, 0.717) is 35.4 Å². The fourth-order valence-corrected chi connectivity index (χ4v) is 4.88. The van der Waals surface area contributed by atoms with Crippen LogP contribution in [-0.4, -0.2) is 59.9 Å². The first kappa shape index (κ1) is 17.6. The highest BCUT2D eigenvalue weighted by Gasteiger charge is 2.33. The summed E-state index contributed by atoms with van der Waals surface area (Å²) >= 11 is 0. The topological polar surface area (TPSA) is 131 Å². The average molecular weight is 387 g/mol. The van der Waals surface area contributed by atoms with Gasteiger partial charge in [0.2, 0.25) is 10.0 Å². The summed E-state index contributed by atoms with van der Waals surface area (Å²) in [5, 5.41) is 0.387. The molecule has 9 nitrogen and oxygen atoms in total. The SMILES string of the molecule is NC(=O)c1[nH]c2ccc(-c3cnccn3)cc2c1S(=O)(=O)N1CCOCC1. The summed E-state index contributed by atoms with van der Waals surface area (Å²) in [5.74, 6) is -0.834. The van der Waals surface area contributed by atoms with Crippen LogP contribution >= 0.6 is 0 Å². The molecule has 1 amide bonds. The Hall–Kier alpha value is -2.82. The number of fused-ring (bicyclic) bond motifs is 1. The number of ether oxygens (including phenoxy) is 1. The van der Waals surface area contributed by atoms with Crippen molar-refractivity contribution < 1.29 is 17.9 Å². The quantitative estimate of drug-likeness (QED) is 0.679. The molecule has 1 saturated heterocycles. The number of aromatic amines is 1. The number of carbonyl (C=O) groups excluding carboxylic acids is 1. The van der Waals surface area contributed by atoms with E-state index in [9.17, 15) is 13.2 Å². The summed E-state index contributed by atoms with van der Waals surface area (Å²) in [6.07, 6.45) is 4.69. The molecule has 3 aromatic rings. The first-order chi connectivity index (χ1) is 13.0. The summed E-state index contributed by atoms with van der Waals surface area (Å²) in [4.78, 5) is 22.9. The lowest BCUT2D eigenvalue weighted by Gasteiger charge is -2.26. The van der Waals surface area contributed by atoms with Gasteiger partial charge in [-0.3, -0.25) is 14.8 Å². The Morgan fingerprint density at radius 3 is 2.67 bits per heavy atom. The first-order valence-electron chi connectivity index (χ1n) is 8.28. The molecule has 0 unspecified atom stereocenters. The first-order valence-corrected chi connectivity index (χ1v) is 9.72. The van der Waals surface area contributed by atoms with Crippen molar-refractivity contribution >= 4 is 26.8 Å². The third kappa shape index (κ3) is 3.07. The molecule has 0 saturated carbocycles. The van der Waals surface area contributed by atoms with Gasteiger partial charge in [-0.15, -0.1) is 0 Å². The van der Waals surface area contributed by atoms with E-state index < -0.39 is 15.9 Å². The lowest BCUT2D eigenvalue weighted by molar-refractivity contribution is 0.0730. The van der Waals surface area contributed by atoms with Crippen molar-refractivity contribution in [2.45, 2.75) is 4.90 Å². The Kier molecular flexibility index (Phi) is 4.38. The fourth-order valence-electron chi connectivity index (χ4n) is 3.13. The molecule has 27 heavy (non-hydrogen) atoms. The highest BCUT2D eigenvalue weighted by atomic mass is 32.2. The van der Waals surface area contributed by atoms with Crippen LogP contribution in [0.4, 0.5) is 0 Å². The van der Waals surface area contributed by atoms with Gasteiger partial charge in [0.1, 0.15) is 10.6 Å². The van der Waals surface area contributed by atoms with Gasteiger partial charge in [0.25, 0.3) is 5.91 Å². The van der Waals surface area contributed by atoms with Gasteiger partial charge in [-0.25, -0.2) is 8.42 Å². The van der Waals surface area contributed by atoms with Gasteiger partial charge < -0.3 is 15.5 Å². The number of aromatic nitrogens is 3. The van der Waals surface area contributed by atoms with E-state index in [4.69, 9.17) is 10.5 Å². The minimum absolute atomic E-state index is 0.113. The predicted octanol–water partition coefficient (Wildman–Crippen LogP) is 0.745. The van der Waals surface area contributed by atoms with Crippen LogP contribution in [0.15, 0.2) is 41.7 Å². The monoisotopic (exact) mass is 387 g/mol.